The van der Waals surface area contributed by atoms with Crippen molar-refractivity contribution in [1.82, 2.24) is 15.4 Å². The molecule has 0 saturated carbocycles. The molecule has 1 aliphatic heterocycles. The average molecular weight is 261 g/mol. The van der Waals surface area contributed by atoms with Gasteiger partial charge in [0.15, 0.2) is 0 Å². The van der Waals surface area contributed by atoms with Crippen LogP contribution in [0.25, 0.3) is 10.2 Å². The Labute approximate surface area is 112 Å². The van der Waals surface area contributed by atoms with Gasteiger partial charge in [-0.25, -0.2) is 10.4 Å². The number of pyridine rings is 1. The molecule has 0 aromatic carbocycles. The van der Waals surface area contributed by atoms with Gasteiger partial charge in [0.2, 0.25) is 0 Å². The molecule has 0 bridgehead atoms. The number of nitrogens with zero attached hydrogens (tertiary/aromatic N) is 2. The summed E-state index contributed by atoms with van der Waals surface area (Å²) >= 11 is 1.76. The lowest BCUT2D eigenvalue weighted by atomic mass is 10.1. The molecule has 0 spiro atoms. The van der Waals surface area contributed by atoms with Crippen molar-refractivity contribution in [2.75, 3.05) is 13.1 Å². The van der Waals surface area contributed by atoms with Crippen LogP contribution in [0.1, 0.15) is 37.8 Å². The first-order valence-corrected chi connectivity index (χ1v) is 7.55. The summed E-state index contributed by atoms with van der Waals surface area (Å²) in [7, 11) is 0. The fourth-order valence-corrected chi connectivity index (χ4v) is 3.26. The molecule has 96 valence electrons. The maximum atomic E-state index is 4.51. The maximum absolute atomic E-state index is 4.51. The molecule has 0 radical (unpaired) electrons. The molecular formula is C14H19N3S. The largest absolute Gasteiger partial charge is 0.255 e. The lowest BCUT2D eigenvalue weighted by molar-refractivity contribution is 0.133. The molecule has 3 heterocycles. The van der Waals surface area contributed by atoms with Crippen LogP contribution in [0.5, 0.6) is 0 Å². The topological polar surface area (TPSA) is 28.2 Å². The molecule has 1 atom stereocenters. The van der Waals surface area contributed by atoms with Crippen LogP contribution in [0.4, 0.5) is 0 Å². The highest BCUT2D eigenvalue weighted by Crippen LogP contribution is 2.23. The van der Waals surface area contributed by atoms with Crippen molar-refractivity contribution in [3.8, 4) is 0 Å². The molecule has 1 saturated heterocycles. The number of hydrogen-bond donors (Lipinski definition) is 1. The van der Waals surface area contributed by atoms with Gasteiger partial charge in [-0.2, -0.15) is 0 Å². The van der Waals surface area contributed by atoms with Crippen LogP contribution in [0, 0.1) is 0 Å². The SMILES string of the molecule is CC(NN1CCCCC1)c1cnc2ccsc2c1. The van der Waals surface area contributed by atoms with Gasteiger partial charge in [-0.15, -0.1) is 11.3 Å². The zero-order valence-electron chi connectivity index (χ0n) is 10.7. The fraction of sp³-hybridized carbons (Fsp3) is 0.500. The molecule has 0 aliphatic carbocycles. The highest BCUT2D eigenvalue weighted by atomic mass is 32.1. The smallest absolute Gasteiger partial charge is 0.0809 e. The first kappa shape index (κ1) is 12.1. The average Bonchev–Trinajstić information content (AvgIpc) is 2.87. The van der Waals surface area contributed by atoms with Crippen LogP contribution in [-0.4, -0.2) is 23.1 Å². The molecule has 18 heavy (non-hydrogen) atoms. The highest BCUT2D eigenvalue weighted by molar-refractivity contribution is 7.17. The zero-order valence-corrected chi connectivity index (χ0v) is 11.5. The first-order chi connectivity index (χ1) is 8.83. The lowest BCUT2D eigenvalue weighted by Gasteiger charge is -2.30. The molecule has 1 aliphatic rings. The molecular weight excluding hydrogens is 242 g/mol. The van der Waals surface area contributed by atoms with Crippen molar-refractivity contribution >= 4 is 21.6 Å². The number of nitrogens with one attached hydrogen (secondary N) is 1. The Balaban J connectivity index is 1.72. The van der Waals surface area contributed by atoms with Gasteiger partial charge in [-0.05, 0) is 42.8 Å². The van der Waals surface area contributed by atoms with Crippen LogP contribution in [0.3, 0.4) is 0 Å². The number of fused-ring (bicyclic) bond motifs is 1. The summed E-state index contributed by atoms with van der Waals surface area (Å²) in [6.45, 7) is 4.54. The lowest BCUT2D eigenvalue weighted by Crippen LogP contribution is -2.42. The molecule has 0 amide bonds. The van der Waals surface area contributed by atoms with Crippen molar-refractivity contribution in [2.45, 2.75) is 32.2 Å². The third kappa shape index (κ3) is 2.55. The van der Waals surface area contributed by atoms with Gasteiger partial charge in [0.1, 0.15) is 0 Å². The summed E-state index contributed by atoms with van der Waals surface area (Å²) < 4.78 is 1.28. The molecule has 3 nitrogen and oxygen atoms in total. The minimum atomic E-state index is 0.335. The molecule has 1 unspecified atom stereocenters. The molecule has 2 aromatic heterocycles. The summed E-state index contributed by atoms with van der Waals surface area (Å²) in [6.07, 6.45) is 5.98. The Morgan fingerprint density at radius 2 is 2.17 bits per heavy atom. The molecule has 1 N–H and O–H groups in total. The zero-order chi connectivity index (χ0) is 12.4. The highest BCUT2D eigenvalue weighted by Gasteiger charge is 2.14. The standard InChI is InChI=1S/C14H19N3S/c1-11(16-17-6-3-2-4-7-17)12-9-14-13(15-10-12)5-8-18-14/h5,8-11,16H,2-4,6-7H2,1H3. The second-order valence-electron chi connectivity index (χ2n) is 4.97. The van der Waals surface area contributed by atoms with E-state index < -0.39 is 0 Å². The van der Waals surface area contributed by atoms with E-state index in [2.05, 4.69) is 39.9 Å². The van der Waals surface area contributed by atoms with Gasteiger partial charge in [0, 0.05) is 25.3 Å². The van der Waals surface area contributed by atoms with E-state index in [4.69, 9.17) is 0 Å². The summed E-state index contributed by atoms with van der Waals surface area (Å²) in [4.78, 5) is 4.51. The van der Waals surface area contributed by atoms with Crippen molar-refractivity contribution in [3.05, 3.63) is 29.3 Å². The van der Waals surface area contributed by atoms with Gasteiger partial charge >= 0.3 is 0 Å². The fourth-order valence-electron chi connectivity index (χ4n) is 2.47. The Bertz CT molecular complexity index is 516. The Kier molecular flexibility index (Phi) is 3.59. The van der Waals surface area contributed by atoms with E-state index in [-0.39, 0.29) is 0 Å². The number of thiophene rings is 1. The molecule has 1 fully saturated rings. The number of aromatic nitrogens is 1. The van der Waals surface area contributed by atoms with E-state index in [0.29, 0.717) is 6.04 Å². The van der Waals surface area contributed by atoms with Gasteiger partial charge in [-0.1, -0.05) is 6.42 Å². The van der Waals surface area contributed by atoms with E-state index in [0.717, 1.165) is 5.52 Å². The van der Waals surface area contributed by atoms with Gasteiger partial charge < -0.3 is 0 Å². The van der Waals surface area contributed by atoms with Gasteiger partial charge in [-0.3, -0.25) is 4.98 Å². The Morgan fingerprint density at radius 1 is 1.33 bits per heavy atom. The summed E-state index contributed by atoms with van der Waals surface area (Å²) in [5, 5.41) is 4.46. The quantitative estimate of drug-likeness (QED) is 0.918. The van der Waals surface area contributed by atoms with E-state index in [1.807, 2.05) is 6.20 Å². The predicted molar refractivity (Wildman–Crippen MR) is 76.6 cm³/mol. The van der Waals surface area contributed by atoms with Crippen molar-refractivity contribution in [2.24, 2.45) is 0 Å². The van der Waals surface area contributed by atoms with E-state index in [1.54, 1.807) is 11.3 Å². The molecule has 4 heteroatoms. The van der Waals surface area contributed by atoms with Crippen molar-refractivity contribution < 1.29 is 0 Å². The van der Waals surface area contributed by atoms with Crippen LogP contribution in [0.2, 0.25) is 0 Å². The second kappa shape index (κ2) is 5.34. The minimum Gasteiger partial charge on any atom is -0.255 e. The second-order valence-corrected chi connectivity index (χ2v) is 5.92. The summed E-state index contributed by atoms with van der Waals surface area (Å²) in [6, 6.07) is 4.67. The number of rotatable bonds is 3. The van der Waals surface area contributed by atoms with E-state index >= 15 is 0 Å². The molecule has 3 rings (SSSR count). The maximum Gasteiger partial charge on any atom is 0.0809 e. The van der Waals surface area contributed by atoms with Crippen LogP contribution in [-0.2, 0) is 0 Å². The number of piperidine rings is 1. The van der Waals surface area contributed by atoms with Crippen LogP contribution >= 0.6 is 11.3 Å². The number of hydrazine groups is 1. The first-order valence-electron chi connectivity index (χ1n) is 6.67. The van der Waals surface area contributed by atoms with Crippen LogP contribution < -0.4 is 5.43 Å². The van der Waals surface area contributed by atoms with E-state index in [9.17, 15) is 0 Å². The summed E-state index contributed by atoms with van der Waals surface area (Å²) in [5.74, 6) is 0. The van der Waals surface area contributed by atoms with E-state index in [1.165, 1.54) is 42.6 Å². The third-order valence-corrected chi connectivity index (χ3v) is 4.41. The van der Waals surface area contributed by atoms with Gasteiger partial charge in [0.05, 0.1) is 10.2 Å². The normalized spacial score (nSPS) is 19.2. The molecule has 2 aromatic rings. The van der Waals surface area contributed by atoms with Gasteiger partial charge in [0.25, 0.3) is 0 Å². The monoisotopic (exact) mass is 261 g/mol. The minimum absolute atomic E-state index is 0.335. The predicted octanol–water partition coefficient (Wildman–Crippen LogP) is 3.35. The van der Waals surface area contributed by atoms with Crippen molar-refractivity contribution in [1.29, 1.82) is 0 Å². The van der Waals surface area contributed by atoms with Crippen LogP contribution in [0.15, 0.2) is 23.7 Å². The summed E-state index contributed by atoms with van der Waals surface area (Å²) in [5.41, 5.74) is 5.97. The Hall–Kier alpha value is -0.970. The number of hydrogen-bond acceptors (Lipinski definition) is 4. The Morgan fingerprint density at radius 3 is 3.00 bits per heavy atom. The third-order valence-electron chi connectivity index (χ3n) is 3.56. The van der Waals surface area contributed by atoms with Crippen molar-refractivity contribution in [3.63, 3.8) is 0 Å².